The summed E-state index contributed by atoms with van der Waals surface area (Å²) in [5, 5.41) is 3.22. The van der Waals surface area contributed by atoms with E-state index in [0.717, 1.165) is 57.4 Å². The van der Waals surface area contributed by atoms with Crippen molar-refractivity contribution in [3.63, 3.8) is 0 Å². The van der Waals surface area contributed by atoms with Crippen LogP contribution in [0.3, 0.4) is 0 Å². The summed E-state index contributed by atoms with van der Waals surface area (Å²) in [5.41, 5.74) is 2.19. The quantitative estimate of drug-likeness (QED) is 0.286. The summed E-state index contributed by atoms with van der Waals surface area (Å²) in [7, 11) is -3.78. The smallest absolute Gasteiger partial charge is 0.244 e. The Hall–Kier alpha value is -2.92. The van der Waals surface area contributed by atoms with Crippen molar-refractivity contribution < 1.29 is 18.0 Å². The molecule has 3 aromatic carbocycles. The van der Waals surface area contributed by atoms with Gasteiger partial charge in [-0.3, -0.25) is 13.9 Å². The number of benzene rings is 3. The number of amides is 2. The average Bonchev–Trinajstić information content (AvgIpc) is 2.95. The number of sulfonamides is 1. The topological polar surface area (TPSA) is 86.8 Å². The van der Waals surface area contributed by atoms with Gasteiger partial charge in [0.1, 0.15) is 12.6 Å². The highest BCUT2D eigenvalue weighted by molar-refractivity contribution is 14.1. The second-order valence-corrected chi connectivity index (χ2v) is 13.5. The van der Waals surface area contributed by atoms with E-state index >= 15 is 0 Å². The zero-order valence-electron chi connectivity index (χ0n) is 22.7. The van der Waals surface area contributed by atoms with E-state index in [9.17, 15) is 18.0 Å². The molecule has 0 heterocycles. The van der Waals surface area contributed by atoms with Crippen molar-refractivity contribution in [1.29, 1.82) is 0 Å². The van der Waals surface area contributed by atoms with Crippen molar-refractivity contribution in [2.45, 2.75) is 57.2 Å². The minimum absolute atomic E-state index is 0.0764. The van der Waals surface area contributed by atoms with E-state index in [0.29, 0.717) is 12.1 Å². The molecule has 40 heavy (non-hydrogen) atoms. The van der Waals surface area contributed by atoms with Crippen LogP contribution in [0.5, 0.6) is 0 Å². The maximum absolute atomic E-state index is 14.1. The monoisotopic (exact) mass is 673 g/mol. The third-order valence-corrected chi connectivity index (χ3v) is 9.07. The molecule has 1 aliphatic carbocycles. The lowest BCUT2D eigenvalue weighted by Gasteiger charge is -2.35. The molecule has 0 unspecified atom stereocenters. The largest absolute Gasteiger partial charge is 0.352 e. The van der Waals surface area contributed by atoms with Gasteiger partial charge in [-0.15, -0.1) is 0 Å². The number of rotatable bonds is 11. The number of hydrogen-bond acceptors (Lipinski definition) is 4. The summed E-state index contributed by atoms with van der Waals surface area (Å²) in [6, 6.07) is 25.4. The van der Waals surface area contributed by atoms with Gasteiger partial charge in [0.25, 0.3) is 0 Å². The van der Waals surface area contributed by atoms with Gasteiger partial charge < -0.3 is 10.2 Å². The Kier molecular flexibility index (Phi) is 10.6. The molecule has 0 aromatic heterocycles. The fourth-order valence-electron chi connectivity index (χ4n) is 5.10. The number of hydrogen-bond donors (Lipinski definition) is 1. The highest BCUT2D eigenvalue weighted by Crippen LogP contribution is 2.22. The zero-order valence-corrected chi connectivity index (χ0v) is 25.7. The zero-order chi connectivity index (χ0) is 28.5. The van der Waals surface area contributed by atoms with Gasteiger partial charge in [0, 0.05) is 22.6 Å². The van der Waals surface area contributed by atoms with Crippen LogP contribution in [0, 0.1) is 3.57 Å². The van der Waals surface area contributed by atoms with Crippen LogP contribution in [0.25, 0.3) is 0 Å². The summed E-state index contributed by atoms with van der Waals surface area (Å²) >= 11 is 2.15. The SMILES string of the molecule is CS(=O)(=O)N(CC(=O)N(Cc1ccccc1)[C@@H](Cc1ccccc1)C(=O)NC1CCCCC1)c1ccc(I)cc1. The minimum atomic E-state index is -3.78. The number of anilines is 1. The van der Waals surface area contributed by atoms with E-state index in [4.69, 9.17) is 0 Å². The van der Waals surface area contributed by atoms with Gasteiger partial charge in [-0.05, 0) is 70.8 Å². The molecule has 0 bridgehead atoms. The fourth-order valence-corrected chi connectivity index (χ4v) is 6.31. The highest BCUT2D eigenvalue weighted by atomic mass is 127. The molecule has 0 spiro atoms. The van der Waals surface area contributed by atoms with Gasteiger partial charge in [0.2, 0.25) is 21.8 Å². The summed E-state index contributed by atoms with van der Waals surface area (Å²) < 4.78 is 27.8. The van der Waals surface area contributed by atoms with Crippen molar-refractivity contribution in [2.24, 2.45) is 0 Å². The minimum Gasteiger partial charge on any atom is -0.352 e. The Morgan fingerprint density at radius 1 is 0.875 bits per heavy atom. The molecule has 1 atom stereocenters. The Morgan fingerprint density at radius 2 is 1.45 bits per heavy atom. The second kappa shape index (κ2) is 14.1. The Morgan fingerprint density at radius 3 is 2.02 bits per heavy atom. The van der Waals surface area contributed by atoms with Gasteiger partial charge in [0.15, 0.2) is 0 Å². The molecule has 1 aliphatic rings. The molecule has 3 aromatic rings. The molecule has 1 fully saturated rings. The summed E-state index contributed by atoms with van der Waals surface area (Å²) in [6.45, 7) is -0.228. The first-order valence-corrected chi connectivity index (χ1v) is 16.5. The number of carbonyl (C=O) groups excluding carboxylic acids is 2. The Bertz CT molecular complexity index is 1360. The third kappa shape index (κ3) is 8.54. The van der Waals surface area contributed by atoms with Gasteiger partial charge in [-0.25, -0.2) is 8.42 Å². The standard InChI is InChI=1S/C31H36IN3O4S/c1-40(38,39)35(28-19-17-26(32)18-20-28)23-30(36)34(22-25-13-7-3-8-14-25)29(21-24-11-5-2-6-12-24)31(37)33-27-15-9-4-10-16-27/h2-3,5-8,11-14,17-20,27,29H,4,9-10,15-16,21-23H2,1H3,(H,33,37)/t29-/m0/s1. The number of carbonyl (C=O) groups is 2. The van der Waals surface area contributed by atoms with Crippen molar-refractivity contribution in [3.05, 3.63) is 99.6 Å². The molecule has 0 radical (unpaired) electrons. The number of nitrogens with one attached hydrogen (secondary N) is 1. The van der Waals surface area contributed by atoms with E-state index in [-0.39, 0.29) is 18.5 Å². The van der Waals surface area contributed by atoms with Gasteiger partial charge in [0.05, 0.1) is 11.9 Å². The lowest BCUT2D eigenvalue weighted by Crippen LogP contribution is -2.55. The molecular weight excluding hydrogens is 637 g/mol. The maximum atomic E-state index is 14.1. The number of nitrogens with zero attached hydrogens (tertiary/aromatic N) is 2. The van der Waals surface area contributed by atoms with Crippen LogP contribution in [0.2, 0.25) is 0 Å². The molecule has 0 saturated heterocycles. The summed E-state index contributed by atoms with van der Waals surface area (Å²) in [5.74, 6) is -0.646. The molecule has 4 rings (SSSR count). The van der Waals surface area contributed by atoms with Crippen LogP contribution in [-0.2, 0) is 32.6 Å². The van der Waals surface area contributed by atoms with E-state index in [1.807, 2.05) is 60.7 Å². The first kappa shape index (κ1) is 30.0. The van der Waals surface area contributed by atoms with E-state index in [1.165, 1.54) is 0 Å². The van der Waals surface area contributed by atoms with Crippen molar-refractivity contribution in [2.75, 3.05) is 17.1 Å². The van der Waals surface area contributed by atoms with Crippen molar-refractivity contribution >= 4 is 50.1 Å². The third-order valence-electron chi connectivity index (χ3n) is 7.21. The molecule has 7 nitrogen and oxygen atoms in total. The van der Waals surface area contributed by atoms with Crippen LogP contribution in [0.15, 0.2) is 84.9 Å². The van der Waals surface area contributed by atoms with Crippen LogP contribution in [0.1, 0.15) is 43.2 Å². The van der Waals surface area contributed by atoms with Crippen molar-refractivity contribution in [3.8, 4) is 0 Å². The molecule has 1 N–H and O–H groups in total. The first-order valence-electron chi connectivity index (χ1n) is 13.6. The average molecular weight is 674 g/mol. The molecular formula is C31H36IN3O4S. The second-order valence-electron chi connectivity index (χ2n) is 10.3. The van der Waals surface area contributed by atoms with Crippen LogP contribution in [0.4, 0.5) is 5.69 Å². The van der Waals surface area contributed by atoms with E-state index < -0.39 is 28.5 Å². The molecule has 212 valence electrons. The normalized spacial score (nSPS) is 14.8. The van der Waals surface area contributed by atoms with Gasteiger partial charge >= 0.3 is 0 Å². The van der Waals surface area contributed by atoms with E-state index in [2.05, 4.69) is 27.9 Å². The summed E-state index contributed by atoms with van der Waals surface area (Å²) in [6.07, 6.45) is 6.56. The molecule has 2 amide bonds. The number of halogens is 1. The summed E-state index contributed by atoms with van der Waals surface area (Å²) in [4.78, 5) is 29.6. The molecule has 0 aliphatic heterocycles. The lowest BCUT2D eigenvalue weighted by molar-refractivity contribution is -0.140. The first-order chi connectivity index (χ1) is 19.2. The van der Waals surface area contributed by atoms with Crippen LogP contribution >= 0.6 is 22.6 Å². The van der Waals surface area contributed by atoms with Gasteiger partial charge in [-0.2, -0.15) is 0 Å². The fraction of sp³-hybridized carbons (Fsp3) is 0.355. The Labute approximate surface area is 251 Å². The molecule has 9 heteroatoms. The van der Waals surface area contributed by atoms with Crippen molar-refractivity contribution in [1.82, 2.24) is 10.2 Å². The predicted octanol–water partition coefficient (Wildman–Crippen LogP) is 5.15. The van der Waals surface area contributed by atoms with Crippen LogP contribution < -0.4 is 9.62 Å². The van der Waals surface area contributed by atoms with E-state index in [1.54, 1.807) is 29.2 Å². The molecule has 1 saturated carbocycles. The van der Waals surface area contributed by atoms with Gasteiger partial charge in [-0.1, -0.05) is 79.9 Å². The lowest BCUT2D eigenvalue weighted by atomic mass is 9.94. The highest BCUT2D eigenvalue weighted by Gasteiger charge is 2.34. The maximum Gasteiger partial charge on any atom is 0.244 e. The Balaban J connectivity index is 1.69. The predicted molar refractivity (Wildman–Crippen MR) is 167 cm³/mol. The van der Waals surface area contributed by atoms with Crippen LogP contribution in [-0.4, -0.2) is 50.0 Å².